The summed E-state index contributed by atoms with van der Waals surface area (Å²) in [6.07, 6.45) is 7.90. The van der Waals surface area contributed by atoms with E-state index in [1.807, 2.05) is 34.1 Å². The number of H-pyrrole nitrogens is 1. The first-order chi connectivity index (χ1) is 26.3. The molecule has 2 unspecified atom stereocenters. The van der Waals surface area contributed by atoms with Crippen LogP contribution in [0.4, 0.5) is 4.39 Å². The largest absolute Gasteiger partial charge is 0.348 e. The van der Waals surface area contributed by atoms with Gasteiger partial charge in [0.2, 0.25) is 11.8 Å². The van der Waals surface area contributed by atoms with Gasteiger partial charge < -0.3 is 20.3 Å². The Kier molecular flexibility index (Phi) is 11.4. The number of aromatic nitrogens is 2. The van der Waals surface area contributed by atoms with Crippen molar-refractivity contribution in [3.8, 4) is 0 Å². The number of nitrogens with zero attached hydrogens (tertiary/aromatic N) is 6. The van der Waals surface area contributed by atoms with Crippen molar-refractivity contribution >= 4 is 22.6 Å². The van der Waals surface area contributed by atoms with Crippen LogP contribution in [0.15, 0.2) is 47.3 Å². The molecule has 54 heavy (non-hydrogen) atoms. The number of hydrogen-bond acceptors (Lipinski definition) is 9. The molecular formula is C41H55FN8O4. The first-order valence-electron chi connectivity index (χ1n) is 20.2. The third-order valence-corrected chi connectivity index (χ3v) is 12.7. The highest BCUT2D eigenvalue weighted by atomic mass is 19.1. The number of carbonyl (C=O) groups excluding carboxylic acids is 2. The molecule has 5 fully saturated rings. The van der Waals surface area contributed by atoms with E-state index in [4.69, 9.17) is 10.5 Å². The molecule has 4 saturated heterocycles. The van der Waals surface area contributed by atoms with E-state index in [-0.39, 0.29) is 41.6 Å². The summed E-state index contributed by atoms with van der Waals surface area (Å²) in [6.45, 7) is 9.39. The van der Waals surface area contributed by atoms with Crippen molar-refractivity contribution in [3.63, 3.8) is 0 Å². The van der Waals surface area contributed by atoms with Gasteiger partial charge in [-0.3, -0.25) is 29.1 Å². The number of nitrogens with one attached hydrogen (secondary N) is 1. The van der Waals surface area contributed by atoms with E-state index in [2.05, 4.69) is 24.9 Å². The molecule has 4 aliphatic heterocycles. The number of epoxide rings is 1. The Hall–Kier alpha value is -3.75. The van der Waals surface area contributed by atoms with Crippen molar-refractivity contribution in [1.29, 1.82) is 0 Å². The van der Waals surface area contributed by atoms with Gasteiger partial charge in [0.05, 0.1) is 23.7 Å². The Balaban J connectivity index is 0.745. The first kappa shape index (κ1) is 37.2. The van der Waals surface area contributed by atoms with Gasteiger partial charge in [-0.05, 0) is 74.4 Å². The third-order valence-electron chi connectivity index (χ3n) is 12.7. The average Bonchev–Trinajstić information content (AvgIpc) is 4.01. The lowest BCUT2D eigenvalue weighted by Crippen LogP contribution is -2.55. The number of rotatable bonds is 10. The van der Waals surface area contributed by atoms with Gasteiger partial charge in [0.15, 0.2) is 0 Å². The number of aromatic amines is 1. The van der Waals surface area contributed by atoms with Gasteiger partial charge in [-0.25, -0.2) is 9.49 Å². The number of halogens is 1. The summed E-state index contributed by atoms with van der Waals surface area (Å²) >= 11 is 0. The Morgan fingerprint density at radius 2 is 1.56 bits per heavy atom. The van der Waals surface area contributed by atoms with E-state index < -0.39 is 0 Å². The summed E-state index contributed by atoms with van der Waals surface area (Å²) in [4.78, 5) is 49.6. The molecular weight excluding hydrogens is 688 g/mol. The highest BCUT2D eigenvalue weighted by Gasteiger charge is 2.47. The van der Waals surface area contributed by atoms with Gasteiger partial charge in [0.25, 0.3) is 5.56 Å². The molecule has 1 saturated carbocycles. The van der Waals surface area contributed by atoms with E-state index in [9.17, 15) is 14.4 Å². The lowest BCUT2D eigenvalue weighted by molar-refractivity contribution is -0.136. The number of fused-ring (bicyclic) bond motifs is 1. The predicted molar refractivity (Wildman–Crippen MR) is 204 cm³/mol. The maximum absolute atomic E-state index is 15.1. The van der Waals surface area contributed by atoms with Gasteiger partial charge >= 0.3 is 0 Å². The topological polar surface area (TPSA) is 135 Å². The Labute approximate surface area is 316 Å². The molecule has 12 nitrogen and oxygen atoms in total. The van der Waals surface area contributed by atoms with Gasteiger partial charge in [0.1, 0.15) is 18.1 Å². The van der Waals surface area contributed by atoms with Crippen molar-refractivity contribution in [2.45, 2.75) is 69.7 Å². The number of carbonyl (C=O) groups is 2. The molecule has 290 valence electrons. The molecule has 1 aliphatic carbocycles. The minimum absolute atomic E-state index is 0.149. The van der Waals surface area contributed by atoms with Gasteiger partial charge in [-0.15, -0.1) is 0 Å². The van der Waals surface area contributed by atoms with Crippen LogP contribution < -0.4 is 11.3 Å². The van der Waals surface area contributed by atoms with Crippen molar-refractivity contribution in [1.82, 2.24) is 34.7 Å². The minimum atomic E-state index is -0.357. The fourth-order valence-electron chi connectivity index (χ4n) is 9.30. The average molecular weight is 743 g/mol. The van der Waals surface area contributed by atoms with Crippen molar-refractivity contribution in [3.05, 3.63) is 75.5 Å². The van der Waals surface area contributed by atoms with Crippen LogP contribution in [0.2, 0.25) is 0 Å². The van der Waals surface area contributed by atoms with Gasteiger partial charge in [-0.1, -0.05) is 43.5 Å². The molecule has 5 heterocycles. The third kappa shape index (κ3) is 8.40. The highest BCUT2D eigenvalue weighted by molar-refractivity contribution is 5.84. The molecule has 0 radical (unpaired) electrons. The number of hydrogen-bond donors (Lipinski definition) is 2. The van der Waals surface area contributed by atoms with Crippen molar-refractivity contribution in [2.75, 3.05) is 78.5 Å². The maximum atomic E-state index is 15.1. The van der Waals surface area contributed by atoms with E-state index in [0.29, 0.717) is 61.9 Å². The van der Waals surface area contributed by atoms with E-state index in [1.54, 1.807) is 12.1 Å². The first-order valence-corrected chi connectivity index (χ1v) is 20.2. The summed E-state index contributed by atoms with van der Waals surface area (Å²) in [7, 11) is 0. The molecule has 0 bridgehead atoms. The second-order valence-corrected chi connectivity index (χ2v) is 16.2. The van der Waals surface area contributed by atoms with Crippen LogP contribution >= 0.6 is 0 Å². The van der Waals surface area contributed by atoms with E-state index >= 15 is 4.39 Å². The second-order valence-electron chi connectivity index (χ2n) is 16.2. The molecule has 13 heteroatoms. The maximum Gasteiger partial charge on any atom is 0.272 e. The number of amides is 2. The zero-order valence-electron chi connectivity index (χ0n) is 31.3. The Morgan fingerprint density at radius 1 is 0.852 bits per heavy atom. The summed E-state index contributed by atoms with van der Waals surface area (Å²) in [5.74, 6) is 0.990. The van der Waals surface area contributed by atoms with E-state index in [0.717, 1.165) is 88.1 Å². The monoisotopic (exact) mass is 742 g/mol. The zero-order valence-corrected chi connectivity index (χ0v) is 31.3. The number of benzene rings is 2. The number of likely N-dealkylation sites (tertiary alicyclic amines) is 1. The van der Waals surface area contributed by atoms with Crippen LogP contribution in [0.3, 0.4) is 0 Å². The number of nitrogens with two attached hydrogens (primary N) is 1. The lowest BCUT2D eigenvalue weighted by atomic mass is 9.83. The smallest absolute Gasteiger partial charge is 0.272 e. The summed E-state index contributed by atoms with van der Waals surface area (Å²) in [6, 6.07) is 12.1. The standard InChI is InChI=1S/C41H55FN8O4/c42-34-11-10-29(25-35-31-8-4-5-9-32(31)39(52)45-44-35)24-33(34)38-41(54-38)50-22-20-48(21-23-50)36(51)27-46-14-12-28(13-15-46)26-47-16-18-49(19-17-47)40(53)37(43)30-6-2-1-3-7-30/h4-5,8-11,24,28,30,37-38,41H,1-3,6-7,12-23,25-27,43H2,(H,45,52)/t37-,38?,41?/m1/s1. The Morgan fingerprint density at radius 3 is 2.30 bits per heavy atom. The second kappa shape index (κ2) is 16.5. The van der Waals surface area contributed by atoms with Crippen molar-refractivity contribution < 1.29 is 18.7 Å². The lowest BCUT2D eigenvalue weighted by Gasteiger charge is -2.40. The molecule has 0 spiro atoms. The fourth-order valence-corrected chi connectivity index (χ4v) is 9.30. The molecule has 8 rings (SSSR count). The summed E-state index contributed by atoms with van der Waals surface area (Å²) < 4.78 is 21.1. The number of ether oxygens (including phenoxy) is 1. The molecule has 2 aromatic carbocycles. The molecule has 3 atom stereocenters. The van der Waals surface area contributed by atoms with Crippen LogP contribution in [0.5, 0.6) is 0 Å². The predicted octanol–water partition coefficient (Wildman–Crippen LogP) is 2.96. The summed E-state index contributed by atoms with van der Waals surface area (Å²) in [5, 5.41) is 8.24. The highest BCUT2D eigenvalue weighted by Crippen LogP contribution is 2.43. The number of piperidine rings is 1. The Bertz CT molecular complexity index is 1840. The van der Waals surface area contributed by atoms with Crippen LogP contribution in [0.1, 0.15) is 67.9 Å². The van der Waals surface area contributed by atoms with Gasteiger partial charge in [0, 0.05) is 76.3 Å². The van der Waals surface area contributed by atoms with Crippen LogP contribution in [0.25, 0.3) is 10.8 Å². The quantitative estimate of drug-likeness (QED) is 0.301. The van der Waals surface area contributed by atoms with Crippen LogP contribution in [-0.4, -0.2) is 137 Å². The molecule has 5 aliphatic rings. The molecule has 1 aromatic heterocycles. The van der Waals surface area contributed by atoms with Crippen LogP contribution in [0, 0.1) is 17.7 Å². The molecule has 3 N–H and O–H groups in total. The van der Waals surface area contributed by atoms with E-state index in [1.165, 1.54) is 25.3 Å². The fraction of sp³-hybridized carbons (Fsp3) is 0.610. The van der Waals surface area contributed by atoms with Crippen LogP contribution in [-0.2, 0) is 20.7 Å². The summed E-state index contributed by atoms with van der Waals surface area (Å²) in [5.41, 5.74) is 8.35. The zero-order chi connectivity index (χ0) is 37.2. The molecule has 2 amide bonds. The minimum Gasteiger partial charge on any atom is -0.348 e. The SMILES string of the molecule is N[C@@H](C(=O)N1CCN(CC2CCN(CC(=O)N3CCN(C4OC4c4cc(Cc5n[nH]c(=O)c6ccccc56)ccc4F)CC3)CC2)CC1)C1CCCCC1. The normalized spacial score (nSPS) is 24.6. The number of piperazine rings is 2. The molecule has 3 aromatic rings. The van der Waals surface area contributed by atoms with Crippen molar-refractivity contribution in [2.24, 2.45) is 17.6 Å². The van der Waals surface area contributed by atoms with Gasteiger partial charge in [-0.2, -0.15) is 5.10 Å².